The van der Waals surface area contributed by atoms with Crippen molar-refractivity contribution < 1.29 is 19.6 Å². The number of nitro groups is 1. The van der Waals surface area contributed by atoms with Crippen molar-refractivity contribution in [2.45, 2.75) is 38.9 Å². The van der Waals surface area contributed by atoms with Crippen LogP contribution in [0.3, 0.4) is 0 Å². The first kappa shape index (κ1) is 19.8. The molecule has 0 radical (unpaired) electrons. The number of benzene rings is 1. The standard InChI is InChI=1S/C18H20N2O5S2/c1-9(2)15-14(19-16(22)13(10(3)21)17(19)27-15)18(26)25-8-11-4-6-12(7-5-11)20(23)24/h4-7,9-10,13,17,21H,8H2,1-3H3/t10-,13+,17+/m0/s1. The van der Waals surface area contributed by atoms with Gasteiger partial charge in [-0.1, -0.05) is 13.8 Å². The highest BCUT2D eigenvalue weighted by molar-refractivity contribution is 8.04. The third-order valence-electron chi connectivity index (χ3n) is 4.56. The maximum Gasteiger partial charge on any atom is 0.269 e. The number of hydrogen-bond acceptors (Lipinski definition) is 7. The SMILES string of the molecule is CC(C)C1=C(C(=S)OCc2ccc([N+](=O)[O-])cc2)N2C(=O)[C@@H]([C@H](C)O)[C@H]2S1. The lowest BCUT2D eigenvalue weighted by molar-refractivity contribution is -0.384. The topological polar surface area (TPSA) is 92.9 Å². The van der Waals surface area contributed by atoms with Crippen LogP contribution in [0.15, 0.2) is 34.9 Å². The predicted molar refractivity (Wildman–Crippen MR) is 106 cm³/mol. The van der Waals surface area contributed by atoms with Gasteiger partial charge in [0.2, 0.25) is 11.0 Å². The molecule has 2 aliphatic heterocycles. The molecule has 0 aliphatic carbocycles. The highest BCUT2D eigenvalue weighted by Crippen LogP contribution is 2.52. The van der Waals surface area contributed by atoms with Gasteiger partial charge in [-0.2, -0.15) is 0 Å². The van der Waals surface area contributed by atoms with E-state index in [4.69, 9.17) is 17.0 Å². The maximum absolute atomic E-state index is 12.5. The zero-order chi connectivity index (χ0) is 19.9. The summed E-state index contributed by atoms with van der Waals surface area (Å²) in [5, 5.41) is 20.7. The predicted octanol–water partition coefficient (Wildman–Crippen LogP) is 3.22. The van der Waals surface area contributed by atoms with Crippen LogP contribution in [0.2, 0.25) is 0 Å². The van der Waals surface area contributed by atoms with E-state index < -0.39 is 16.9 Å². The van der Waals surface area contributed by atoms with Gasteiger partial charge in [0, 0.05) is 17.0 Å². The third kappa shape index (κ3) is 3.59. The molecular weight excluding hydrogens is 388 g/mol. The molecule has 1 aromatic carbocycles. The number of allylic oxidation sites excluding steroid dienone is 1. The van der Waals surface area contributed by atoms with Crippen molar-refractivity contribution in [2.24, 2.45) is 11.8 Å². The van der Waals surface area contributed by atoms with Gasteiger partial charge < -0.3 is 9.84 Å². The van der Waals surface area contributed by atoms with Crippen LogP contribution in [-0.4, -0.2) is 37.4 Å². The second kappa shape index (κ2) is 7.57. The number of rotatable bonds is 6. The van der Waals surface area contributed by atoms with Crippen molar-refractivity contribution in [1.29, 1.82) is 0 Å². The number of carbonyl (C=O) groups is 1. The number of thiocarbonyl (C=S) groups is 1. The number of non-ortho nitro benzene ring substituents is 1. The Labute approximate surface area is 166 Å². The number of nitro benzene ring substituents is 1. The molecular formula is C18H20N2O5S2. The van der Waals surface area contributed by atoms with Crippen LogP contribution >= 0.6 is 24.0 Å². The zero-order valence-electron chi connectivity index (χ0n) is 15.1. The van der Waals surface area contributed by atoms with Gasteiger partial charge in [-0.25, -0.2) is 0 Å². The Morgan fingerprint density at radius 1 is 1.37 bits per heavy atom. The van der Waals surface area contributed by atoms with Gasteiger partial charge in [-0.15, -0.1) is 11.8 Å². The molecule has 2 aliphatic rings. The largest absolute Gasteiger partial charge is 0.477 e. The van der Waals surface area contributed by atoms with Crippen molar-refractivity contribution in [1.82, 2.24) is 4.90 Å². The van der Waals surface area contributed by atoms with Crippen molar-refractivity contribution in [3.8, 4) is 0 Å². The summed E-state index contributed by atoms with van der Waals surface area (Å²) in [6, 6.07) is 6.05. The van der Waals surface area contributed by atoms with Crippen LogP contribution in [0.25, 0.3) is 0 Å². The Balaban J connectivity index is 1.73. The lowest BCUT2D eigenvalue weighted by Gasteiger charge is -2.44. The summed E-state index contributed by atoms with van der Waals surface area (Å²) in [4.78, 5) is 25.3. The van der Waals surface area contributed by atoms with E-state index in [0.29, 0.717) is 5.70 Å². The Morgan fingerprint density at radius 2 is 2.00 bits per heavy atom. The Bertz CT molecular complexity index is 820. The lowest BCUT2D eigenvalue weighted by Crippen LogP contribution is -2.60. The maximum atomic E-state index is 12.5. The molecule has 0 bridgehead atoms. The number of β-lactam (4-membered cyclic amide) rings is 1. The number of thioether (sulfide) groups is 1. The van der Waals surface area contributed by atoms with Crippen molar-refractivity contribution in [3.63, 3.8) is 0 Å². The summed E-state index contributed by atoms with van der Waals surface area (Å²) in [5.41, 5.74) is 1.36. The molecule has 1 amide bonds. The highest BCUT2D eigenvalue weighted by Gasteiger charge is 2.57. The van der Waals surface area contributed by atoms with Crippen molar-refractivity contribution in [2.75, 3.05) is 0 Å². The minimum Gasteiger partial charge on any atom is -0.477 e. The number of carbonyl (C=O) groups excluding carboxylic acids is 1. The van der Waals surface area contributed by atoms with Gasteiger partial charge >= 0.3 is 0 Å². The molecule has 1 aromatic rings. The quantitative estimate of drug-likeness (QED) is 0.334. The molecule has 2 heterocycles. The number of ether oxygens (including phenoxy) is 1. The monoisotopic (exact) mass is 408 g/mol. The molecule has 1 fully saturated rings. The molecule has 27 heavy (non-hydrogen) atoms. The Morgan fingerprint density at radius 3 is 2.52 bits per heavy atom. The van der Waals surface area contributed by atoms with Crippen molar-refractivity contribution in [3.05, 3.63) is 50.5 Å². The van der Waals surface area contributed by atoms with Crippen LogP contribution < -0.4 is 0 Å². The molecule has 1 N–H and O–H groups in total. The van der Waals surface area contributed by atoms with E-state index in [2.05, 4.69) is 0 Å². The molecule has 1 saturated heterocycles. The molecule has 0 saturated carbocycles. The smallest absolute Gasteiger partial charge is 0.269 e. The van der Waals surface area contributed by atoms with E-state index in [0.717, 1.165) is 10.5 Å². The van der Waals surface area contributed by atoms with Gasteiger partial charge in [0.15, 0.2) is 0 Å². The van der Waals surface area contributed by atoms with Crippen LogP contribution in [0.5, 0.6) is 0 Å². The second-order valence-electron chi connectivity index (χ2n) is 6.85. The number of aliphatic hydroxyl groups is 1. The lowest BCUT2D eigenvalue weighted by atomic mass is 9.92. The first-order valence-electron chi connectivity index (χ1n) is 8.54. The summed E-state index contributed by atoms with van der Waals surface area (Å²) in [7, 11) is 0. The fraction of sp³-hybridized carbons (Fsp3) is 0.444. The van der Waals surface area contributed by atoms with Crippen LogP contribution in [-0.2, 0) is 16.1 Å². The molecule has 0 aromatic heterocycles. The highest BCUT2D eigenvalue weighted by atomic mass is 32.2. The number of amides is 1. The zero-order valence-corrected chi connectivity index (χ0v) is 16.8. The normalized spacial score (nSPS) is 22.6. The Kier molecular flexibility index (Phi) is 5.55. The fourth-order valence-electron chi connectivity index (χ4n) is 3.14. The van der Waals surface area contributed by atoms with E-state index in [-0.39, 0.29) is 34.5 Å². The van der Waals surface area contributed by atoms with Gasteiger partial charge in [0.05, 0.1) is 16.9 Å². The van der Waals surface area contributed by atoms with Crippen LogP contribution in [0.1, 0.15) is 26.3 Å². The average Bonchev–Trinajstić information content (AvgIpc) is 2.95. The number of aliphatic hydroxyl groups excluding tert-OH is 1. The third-order valence-corrected chi connectivity index (χ3v) is 6.54. The molecule has 7 nitrogen and oxygen atoms in total. The summed E-state index contributed by atoms with van der Waals surface area (Å²) in [6.45, 7) is 5.82. The van der Waals surface area contributed by atoms with Gasteiger partial charge in [0.25, 0.3) is 5.69 Å². The molecule has 0 spiro atoms. The summed E-state index contributed by atoms with van der Waals surface area (Å²) in [5.74, 6) is -0.410. The van der Waals surface area contributed by atoms with Crippen molar-refractivity contribution >= 4 is 40.6 Å². The molecule has 144 valence electrons. The molecule has 9 heteroatoms. The fourth-order valence-corrected chi connectivity index (χ4v) is 5.11. The van der Waals surface area contributed by atoms with Gasteiger partial charge in [-0.05, 0) is 42.8 Å². The van der Waals surface area contributed by atoms with E-state index >= 15 is 0 Å². The van der Waals surface area contributed by atoms with E-state index in [9.17, 15) is 20.0 Å². The van der Waals surface area contributed by atoms with E-state index in [1.165, 1.54) is 12.1 Å². The minimum atomic E-state index is -0.714. The first-order chi connectivity index (χ1) is 12.7. The number of fused-ring (bicyclic) bond motifs is 1. The minimum absolute atomic E-state index is 0.0107. The van der Waals surface area contributed by atoms with E-state index in [1.807, 2.05) is 13.8 Å². The van der Waals surface area contributed by atoms with E-state index in [1.54, 1.807) is 35.7 Å². The Hall–Kier alpha value is -1.97. The van der Waals surface area contributed by atoms with Crippen LogP contribution in [0, 0.1) is 22.0 Å². The molecule has 3 atom stereocenters. The second-order valence-corrected chi connectivity index (χ2v) is 8.38. The van der Waals surface area contributed by atoms with Gasteiger partial charge in [-0.3, -0.25) is 19.8 Å². The van der Waals surface area contributed by atoms with Crippen LogP contribution in [0.4, 0.5) is 5.69 Å². The summed E-state index contributed by atoms with van der Waals surface area (Å²) < 4.78 is 5.72. The summed E-state index contributed by atoms with van der Waals surface area (Å²) in [6.07, 6.45) is -0.714. The molecule has 0 unspecified atom stereocenters. The average molecular weight is 409 g/mol. The first-order valence-corrected chi connectivity index (χ1v) is 9.83. The van der Waals surface area contributed by atoms with Gasteiger partial charge in [0.1, 0.15) is 17.7 Å². The number of hydrogen-bond donors (Lipinski definition) is 1. The molecule has 3 rings (SSSR count). The summed E-state index contributed by atoms with van der Waals surface area (Å²) >= 11 is 6.99. The number of nitrogens with zero attached hydrogens (tertiary/aromatic N) is 2.